The summed E-state index contributed by atoms with van der Waals surface area (Å²) in [6, 6.07) is 0. The van der Waals surface area contributed by atoms with Gasteiger partial charge in [-0.15, -0.1) is 0 Å². The third-order valence-electron chi connectivity index (χ3n) is 1.81. The molecule has 0 saturated carbocycles. The van der Waals surface area contributed by atoms with Gasteiger partial charge in [-0.25, -0.2) is 0 Å². The molecule has 0 spiro atoms. The molecule has 4 N–H and O–H groups in total. The highest BCUT2D eigenvalue weighted by atomic mass is 16.3. The first-order valence-electron chi connectivity index (χ1n) is 4.83. The second-order valence-corrected chi connectivity index (χ2v) is 5.26. The van der Waals surface area contributed by atoms with Gasteiger partial charge in [0.1, 0.15) is 0 Å². The monoisotopic (exact) mass is 202 g/mol. The molecule has 0 saturated heterocycles. The molecule has 0 atom stereocenters. The van der Waals surface area contributed by atoms with Gasteiger partial charge in [-0.05, 0) is 13.8 Å². The van der Waals surface area contributed by atoms with E-state index in [1.54, 1.807) is 0 Å². The highest BCUT2D eigenvalue weighted by Gasteiger charge is 2.20. The minimum Gasteiger partial charge on any atom is -0.396 e. The van der Waals surface area contributed by atoms with Crippen LogP contribution >= 0.6 is 0 Å². The zero-order valence-corrected chi connectivity index (χ0v) is 9.55. The van der Waals surface area contributed by atoms with Crippen LogP contribution in [0.15, 0.2) is 0 Å². The summed E-state index contributed by atoms with van der Waals surface area (Å²) in [4.78, 5) is 11.3. The third-order valence-corrected chi connectivity index (χ3v) is 1.81. The number of carbonyl (C=O) groups is 1. The molecule has 0 aromatic heterocycles. The minimum absolute atomic E-state index is 0.0549. The molecular weight excluding hydrogens is 180 g/mol. The molecule has 0 rings (SSSR count). The molecule has 1 amide bonds. The average Bonchev–Trinajstić information content (AvgIpc) is 1.98. The van der Waals surface area contributed by atoms with E-state index in [9.17, 15) is 4.79 Å². The molecule has 0 aliphatic heterocycles. The first-order valence-corrected chi connectivity index (χ1v) is 4.83. The number of carbonyl (C=O) groups excluding carboxylic acids is 1. The van der Waals surface area contributed by atoms with Crippen molar-refractivity contribution in [2.75, 3.05) is 13.2 Å². The van der Waals surface area contributed by atoms with E-state index in [1.807, 2.05) is 27.7 Å². The number of aliphatic hydroxyl groups excluding tert-OH is 1. The van der Waals surface area contributed by atoms with Gasteiger partial charge in [0.15, 0.2) is 0 Å². The van der Waals surface area contributed by atoms with E-state index in [0.717, 1.165) is 0 Å². The second kappa shape index (κ2) is 4.75. The predicted octanol–water partition coefficient (Wildman–Crippen LogP) is 0.248. The zero-order valence-electron chi connectivity index (χ0n) is 9.55. The maximum absolute atomic E-state index is 11.3. The van der Waals surface area contributed by atoms with Crippen LogP contribution < -0.4 is 11.1 Å². The fourth-order valence-electron chi connectivity index (χ4n) is 0.870. The lowest BCUT2D eigenvalue weighted by Gasteiger charge is -2.23. The Labute approximate surface area is 85.9 Å². The summed E-state index contributed by atoms with van der Waals surface area (Å²) in [6.45, 7) is 7.92. The second-order valence-electron chi connectivity index (χ2n) is 5.26. The van der Waals surface area contributed by atoms with E-state index in [2.05, 4.69) is 5.32 Å². The van der Waals surface area contributed by atoms with Crippen molar-refractivity contribution in [3.8, 4) is 0 Å². The Morgan fingerprint density at radius 1 is 1.36 bits per heavy atom. The molecule has 0 aromatic rings. The largest absolute Gasteiger partial charge is 0.396 e. The van der Waals surface area contributed by atoms with Crippen molar-refractivity contribution < 1.29 is 9.90 Å². The molecule has 0 bridgehead atoms. The molecule has 84 valence electrons. The highest BCUT2D eigenvalue weighted by molar-refractivity contribution is 5.77. The first kappa shape index (κ1) is 13.4. The Hall–Kier alpha value is -0.610. The Morgan fingerprint density at radius 2 is 1.86 bits per heavy atom. The number of aliphatic hydroxyl groups is 1. The third kappa shape index (κ3) is 6.86. The molecule has 0 radical (unpaired) electrons. The smallest absolute Gasteiger partial charge is 0.221 e. The Kier molecular flexibility index (Phi) is 4.55. The SMILES string of the molecule is CC(C)(N)CC(=O)NCC(C)(C)CO. The molecule has 14 heavy (non-hydrogen) atoms. The van der Waals surface area contributed by atoms with Crippen LogP contribution in [0.5, 0.6) is 0 Å². The van der Waals surface area contributed by atoms with Crippen LogP contribution in [0.1, 0.15) is 34.1 Å². The van der Waals surface area contributed by atoms with Crippen molar-refractivity contribution in [1.29, 1.82) is 0 Å². The van der Waals surface area contributed by atoms with Crippen LogP contribution in [0.3, 0.4) is 0 Å². The Balaban J connectivity index is 3.87. The number of rotatable bonds is 5. The van der Waals surface area contributed by atoms with Crippen molar-refractivity contribution >= 4 is 5.91 Å². The summed E-state index contributed by atoms with van der Waals surface area (Å²) < 4.78 is 0. The average molecular weight is 202 g/mol. The summed E-state index contributed by atoms with van der Waals surface area (Å²) >= 11 is 0. The lowest BCUT2D eigenvalue weighted by atomic mass is 9.94. The first-order chi connectivity index (χ1) is 6.16. The summed E-state index contributed by atoms with van der Waals surface area (Å²) in [5, 5.41) is 11.7. The zero-order chi connectivity index (χ0) is 11.4. The number of amides is 1. The van der Waals surface area contributed by atoms with Gasteiger partial charge >= 0.3 is 0 Å². The van der Waals surface area contributed by atoms with E-state index in [0.29, 0.717) is 13.0 Å². The maximum Gasteiger partial charge on any atom is 0.221 e. The minimum atomic E-state index is -0.479. The summed E-state index contributed by atoms with van der Waals surface area (Å²) in [7, 11) is 0. The molecule has 0 aliphatic carbocycles. The van der Waals surface area contributed by atoms with Gasteiger partial charge in [-0.2, -0.15) is 0 Å². The van der Waals surface area contributed by atoms with Crippen LogP contribution in [0.25, 0.3) is 0 Å². The standard InChI is InChI=1S/C10H22N2O2/c1-9(2,7-13)6-12-8(14)5-10(3,4)11/h13H,5-7,11H2,1-4H3,(H,12,14). The molecule has 0 aliphatic rings. The van der Waals surface area contributed by atoms with Crippen molar-refractivity contribution in [1.82, 2.24) is 5.32 Å². The Morgan fingerprint density at radius 3 is 2.21 bits per heavy atom. The van der Waals surface area contributed by atoms with Gasteiger partial charge in [0, 0.05) is 30.5 Å². The van der Waals surface area contributed by atoms with E-state index in [1.165, 1.54) is 0 Å². The van der Waals surface area contributed by atoms with Crippen LogP contribution in [-0.4, -0.2) is 29.7 Å². The van der Waals surface area contributed by atoms with Gasteiger partial charge in [0.25, 0.3) is 0 Å². The van der Waals surface area contributed by atoms with Crippen molar-refractivity contribution in [3.63, 3.8) is 0 Å². The fraction of sp³-hybridized carbons (Fsp3) is 0.900. The van der Waals surface area contributed by atoms with E-state index in [4.69, 9.17) is 10.8 Å². The lowest BCUT2D eigenvalue weighted by Crippen LogP contribution is -2.42. The van der Waals surface area contributed by atoms with Crippen LogP contribution in [0.2, 0.25) is 0 Å². The lowest BCUT2D eigenvalue weighted by molar-refractivity contribution is -0.122. The molecule has 0 heterocycles. The molecule has 0 fully saturated rings. The quantitative estimate of drug-likeness (QED) is 0.598. The van der Waals surface area contributed by atoms with Crippen molar-refractivity contribution in [2.24, 2.45) is 11.1 Å². The van der Waals surface area contributed by atoms with Gasteiger partial charge in [-0.1, -0.05) is 13.8 Å². The Bertz CT molecular complexity index is 195. The molecule has 4 heteroatoms. The number of nitrogens with one attached hydrogen (secondary N) is 1. The van der Waals surface area contributed by atoms with Crippen LogP contribution in [-0.2, 0) is 4.79 Å². The van der Waals surface area contributed by atoms with E-state index < -0.39 is 5.54 Å². The van der Waals surface area contributed by atoms with Crippen molar-refractivity contribution in [2.45, 2.75) is 39.7 Å². The van der Waals surface area contributed by atoms with Crippen LogP contribution in [0.4, 0.5) is 0 Å². The molecule has 4 nitrogen and oxygen atoms in total. The maximum atomic E-state index is 11.3. The van der Waals surface area contributed by atoms with Gasteiger partial charge in [0.05, 0.1) is 0 Å². The highest BCUT2D eigenvalue weighted by Crippen LogP contribution is 2.11. The van der Waals surface area contributed by atoms with E-state index in [-0.39, 0.29) is 17.9 Å². The number of hydrogen-bond acceptors (Lipinski definition) is 3. The fourth-order valence-corrected chi connectivity index (χ4v) is 0.870. The normalized spacial score (nSPS) is 12.7. The molecule has 0 aromatic carbocycles. The summed E-state index contributed by atoms with van der Waals surface area (Å²) in [5.41, 5.74) is 4.95. The summed E-state index contributed by atoms with van der Waals surface area (Å²) in [6.07, 6.45) is 0.300. The number of nitrogens with two attached hydrogens (primary N) is 1. The van der Waals surface area contributed by atoms with E-state index >= 15 is 0 Å². The number of hydrogen-bond donors (Lipinski definition) is 3. The van der Waals surface area contributed by atoms with Gasteiger partial charge in [-0.3, -0.25) is 4.79 Å². The predicted molar refractivity (Wildman–Crippen MR) is 56.8 cm³/mol. The van der Waals surface area contributed by atoms with Crippen molar-refractivity contribution in [3.05, 3.63) is 0 Å². The topological polar surface area (TPSA) is 75.4 Å². The van der Waals surface area contributed by atoms with Gasteiger partial charge < -0.3 is 16.2 Å². The molecular formula is C10H22N2O2. The van der Waals surface area contributed by atoms with Crippen LogP contribution in [0, 0.1) is 5.41 Å². The van der Waals surface area contributed by atoms with Gasteiger partial charge in [0.2, 0.25) is 5.91 Å². The summed E-state index contributed by atoms with van der Waals surface area (Å²) in [5.74, 6) is -0.0703. The molecule has 0 unspecified atom stereocenters.